The second kappa shape index (κ2) is 10.4. The van der Waals surface area contributed by atoms with Crippen LogP contribution in [0.5, 0.6) is 0 Å². The van der Waals surface area contributed by atoms with Crippen LogP contribution in [-0.4, -0.2) is 48.9 Å². The third-order valence-electron chi connectivity index (χ3n) is 6.26. The molecule has 2 atom stereocenters. The Morgan fingerprint density at radius 2 is 1.94 bits per heavy atom. The third-order valence-corrected chi connectivity index (χ3v) is 7.43. The summed E-state index contributed by atoms with van der Waals surface area (Å²) in [5.74, 6) is -1.80. The molecule has 1 aliphatic carbocycles. The minimum Gasteiger partial charge on any atom is -0.465 e. The van der Waals surface area contributed by atoms with Gasteiger partial charge >= 0.3 is 11.9 Å². The molecule has 2 heterocycles. The van der Waals surface area contributed by atoms with E-state index in [9.17, 15) is 19.2 Å². The smallest absolute Gasteiger partial charge is 0.341 e. The number of thiophene rings is 1. The number of ether oxygens (including phenoxy) is 2. The molecule has 2 unspecified atom stereocenters. The van der Waals surface area contributed by atoms with Crippen LogP contribution < -0.4 is 5.32 Å². The molecule has 2 amide bonds. The van der Waals surface area contributed by atoms with Gasteiger partial charge in [-0.3, -0.25) is 14.4 Å². The molecule has 8 nitrogen and oxygen atoms in total. The number of carbonyl (C=O) groups is 4. The summed E-state index contributed by atoms with van der Waals surface area (Å²) in [7, 11) is 1.31. The monoisotopic (exact) mass is 484 g/mol. The lowest BCUT2D eigenvalue weighted by molar-refractivity contribution is -0.151. The van der Waals surface area contributed by atoms with E-state index in [2.05, 4.69) is 12.2 Å². The Labute approximate surface area is 202 Å². The molecule has 34 heavy (non-hydrogen) atoms. The first kappa shape index (κ1) is 23.9. The molecule has 1 aromatic carbocycles. The predicted molar refractivity (Wildman–Crippen MR) is 126 cm³/mol. The minimum atomic E-state index is -0.606. The molecule has 1 aliphatic heterocycles. The number of hydrogen-bond acceptors (Lipinski definition) is 7. The fourth-order valence-corrected chi connectivity index (χ4v) is 5.88. The summed E-state index contributed by atoms with van der Waals surface area (Å²) in [4.78, 5) is 52.4. The highest BCUT2D eigenvalue weighted by Crippen LogP contribution is 2.40. The van der Waals surface area contributed by atoms with E-state index >= 15 is 0 Å². The van der Waals surface area contributed by atoms with E-state index < -0.39 is 30.4 Å². The SMILES string of the molecule is COC(=O)c1c(NC(=O)COC(=O)C2CC(=O)N(Cc3ccccc3)C2)sc2c1CCC(C)C2. The molecule has 0 saturated carbocycles. The van der Waals surface area contributed by atoms with Crippen LogP contribution in [-0.2, 0) is 43.2 Å². The van der Waals surface area contributed by atoms with Gasteiger partial charge in [-0.2, -0.15) is 0 Å². The number of benzene rings is 1. The summed E-state index contributed by atoms with van der Waals surface area (Å²) >= 11 is 1.37. The van der Waals surface area contributed by atoms with Crippen LogP contribution in [0.1, 0.15) is 46.1 Å². The van der Waals surface area contributed by atoms with Gasteiger partial charge in [0.25, 0.3) is 5.91 Å². The van der Waals surface area contributed by atoms with E-state index in [1.807, 2.05) is 30.3 Å². The molecule has 0 radical (unpaired) electrons. The van der Waals surface area contributed by atoms with Crippen molar-refractivity contribution in [2.24, 2.45) is 11.8 Å². The number of likely N-dealkylation sites (tertiary alicyclic amines) is 1. The van der Waals surface area contributed by atoms with Gasteiger partial charge in [-0.1, -0.05) is 37.3 Å². The van der Waals surface area contributed by atoms with Crippen molar-refractivity contribution in [3.8, 4) is 0 Å². The number of hydrogen-bond donors (Lipinski definition) is 1. The predicted octanol–water partition coefficient (Wildman–Crippen LogP) is 3.19. The first-order valence-electron chi connectivity index (χ1n) is 11.4. The van der Waals surface area contributed by atoms with Crippen molar-refractivity contribution in [2.75, 3.05) is 25.6 Å². The van der Waals surface area contributed by atoms with Crippen molar-refractivity contribution in [2.45, 2.75) is 39.2 Å². The van der Waals surface area contributed by atoms with Gasteiger partial charge in [0.15, 0.2) is 6.61 Å². The molecule has 4 rings (SSSR count). The van der Waals surface area contributed by atoms with Crippen LogP contribution in [0.4, 0.5) is 5.00 Å². The van der Waals surface area contributed by atoms with Crippen LogP contribution in [0.25, 0.3) is 0 Å². The summed E-state index contributed by atoms with van der Waals surface area (Å²) in [6.07, 6.45) is 2.65. The maximum atomic E-state index is 12.5. The maximum Gasteiger partial charge on any atom is 0.341 e. The molecule has 0 spiro atoms. The number of amides is 2. The van der Waals surface area contributed by atoms with E-state index in [1.54, 1.807) is 4.90 Å². The molecule has 1 saturated heterocycles. The molecule has 1 aromatic heterocycles. The van der Waals surface area contributed by atoms with Gasteiger partial charge in [-0.05, 0) is 36.3 Å². The summed E-state index contributed by atoms with van der Waals surface area (Å²) in [5, 5.41) is 3.15. The summed E-state index contributed by atoms with van der Waals surface area (Å²) in [6, 6.07) is 9.55. The number of fused-ring (bicyclic) bond motifs is 1. The van der Waals surface area contributed by atoms with Crippen molar-refractivity contribution >= 4 is 40.1 Å². The van der Waals surface area contributed by atoms with Gasteiger partial charge in [0.05, 0.1) is 18.6 Å². The zero-order valence-electron chi connectivity index (χ0n) is 19.3. The summed E-state index contributed by atoms with van der Waals surface area (Å²) in [6.45, 7) is 2.37. The van der Waals surface area contributed by atoms with Crippen LogP contribution >= 0.6 is 11.3 Å². The lowest BCUT2D eigenvalue weighted by atomic mass is 9.88. The average molecular weight is 485 g/mol. The van der Waals surface area contributed by atoms with Gasteiger partial charge in [-0.15, -0.1) is 11.3 Å². The summed E-state index contributed by atoms with van der Waals surface area (Å²) < 4.78 is 10.1. The largest absolute Gasteiger partial charge is 0.465 e. The number of carbonyl (C=O) groups excluding carboxylic acids is 4. The Hall–Kier alpha value is -3.20. The van der Waals surface area contributed by atoms with Gasteiger partial charge in [0, 0.05) is 24.4 Å². The highest BCUT2D eigenvalue weighted by molar-refractivity contribution is 7.17. The highest BCUT2D eigenvalue weighted by atomic mass is 32.1. The molecule has 1 N–H and O–H groups in total. The quantitative estimate of drug-likeness (QED) is 0.606. The van der Waals surface area contributed by atoms with Crippen molar-refractivity contribution < 1.29 is 28.7 Å². The minimum absolute atomic E-state index is 0.0651. The van der Waals surface area contributed by atoms with Gasteiger partial charge in [0.2, 0.25) is 5.91 Å². The average Bonchev–Trinajstić information content (AvgIpc) is 3.36. The van der Waals surface area contributed by atoms with Crippen molar-refractivity contribution in [3.05, 3.63) is 51.9 Å². The zero-order chi connectivity index (χ0) is 24.2. The molecule has 1 fully saturated rings. The Morgan fingerprint density at radius 1 is 1.18 bits per heavy atom. The van der Waals surface area contributed by atoms with E-state index in [-0.39, 0.29) is 18.9 Å². The van der Waals surface area contributed by atoms with Crippen LogP contribution in [0.15, 0.2) is 30.3 Å². The second-order valence-corrected chi connectivity index (χ2v) is 9.97. The number of anilines is 1. The Bertz CT molecular complexity index is 1100. The van der Waals surface area contributed by atoms with Gasteiger partial charge in [0.1, 0.15) is 5.00 Å². The Balaban J connectivity index is 1.33. The third kappa shape index (κ3) is 5.30. The topological polar surface area (TPSA) is 102 Å². The van der Waals surface area contributed by atoms with E-state index in [0.717, 1.165) is 35.3 Å². The number of nitrogens with one attached hydrogen (secondary N) is 1. The molecule has 180 valence electrons. The van der Waals surface area contributed by atoms with Crippen LogP contribution in [0.2, 0.25) is 0 Å². The van der Waals surface area contributed by atoms with Crippen molar-refractivity contribution in [1.29, 1.82) is 0 Å². The molecular formula is C25H28N2O6S. The normalized spacial score (nSPS) is 19.5. The van der Waals surface area contributed by atoms with Crippen LogP contribution in [0.3, 0.4) is 0 Å². The molecule has 9 heteroatoms. The molecule has 2 aromatic rings. The zero-order valence-corrected chi connectivity index (χ0v) is 20.1. The van der Waals surface area contributed by atoms with E-state index in [0.29, 0.717) is 23.0 Å². The van der Waals surface area contributed by atoms with Gasteiger partial charge in [-0.25, -0.2) is 4.79 Å². The van der Waals surface area contributed by atoms with Crippen LogP contribution in [0, 0.1) is 11.8 Å². The van der Waals surface area contributed by atoms with Crippen molar-refractivity contribution in [1.82, 2.24) is 4.90 Å². The number of nitrogens with zero attached hydrogens (tertiary/aromatic N) is 1. The standard InChI is InChI=1S/C25H28N2O6S/c1-15-8-9-18-19(10-15)34-23(22(18)25(31)32-2)26-20(28)14-33-24(30)17-11-21(29)27(13-17)12-16-6-4-3-5-7-16/h3-7,15,17H,8-14H2,1-2H3,(H,26,28). The van der Waals surface area contributed by atoms with E-state index in [4.69, 9.17) is 9.47 Å². The maximum absolute atomic E-state index is 12.5. The first-order valence-corrected chi connectivity index (χ1v) is 12.2. The molecule has 2 aliphatic rings. The lowest BCUT2D eigenvalue weighted by Gasteiger charge is -2.18. The number of methoxy groups -OCH3 is 1. The lowest BCUT2D eigenvalue weighted by Crippen LogP contribution is -2.28. The second-order valence-electron chi connectivity index (χ2n) is 8.86. The number of rotatable bonds is 7. The van der Waals surface area contributed by atoms with Gasteiger partial charge < -0.3 is 19.7 Å². The molecule has 0 bridgehead atoms. The van der Waals surface area contributed by atoms with E-state index in [1.165, 1.54) is 18.4 Å². The first-order chi connectivity index (χ1) is 16.4. The number of esters is 2. The fraction of sp³-hybridized carbons (Fsp3) is 0.440. The Morgan fingerprint density at radius 3 is 2.68 bits per heavy atom. The van der Waals surface area contributed by atoms with Crippen molar-refractivity contribution in [3.63, 3.8) is 0 Å². The summed E-state index contributed by atoms with van der Waals surface area (Å²) in [5.41, 5.74) is 2.32. The fourth-order valence-electron chi connectivity index (χ4n) is 4.46. The Kier molecular flexibility index (Phi) is 7.31. The highest BCUT2D eigenvalue weighted by Gasteiger charge is 2.36. The molecular weight excluding hydrogens is 456 g/mol.